The minimum atomic E-state index is -0.248. The van der Waals surface area contributed by atoms with E-state index in [1.54, 1.807) is 10.9 Å². The molecule has 0 aromatic carbocycles. The molecular formula is C11H17N7O. The van der Waals surface area contributed by atoms with Gasteiger partial charge in [-0.25, -0.2) is 4.98 Å². The van der Waals surface area contributed by atoms with Gasteiger partial charge in [-0.15, -0.1) is 0 Å². The number of hydrogen-bond acceptors (Lipinski definition) is 5. The van der Waals surface area contributed by atoms with Gasteiger partial charge in [0.1, 0.15) is 12.2 Å². The van der Waals surface area contributed by atoms with E-state index in [1.807, 2.05) is 6.92 Å². The van der Waals surface area contributed by atoms with Crippen molar-refractivity contribution in [2.75, 3.05) is 12.3 Å². The molecule has 102 valence electrons. The van der Waals surface area contributed by atoms with E-state index in [2.05, 4.69) is 25.6 Å². The van der Waals surface area contributed by atoms with Gasteiger partial charge >= 0.3 is 0 Å². The molecule has 4 N–H and O–H groups in total. The molecule has 0 bridgehead atoms. The minimum Gasteiger partial charge on any atom is -0.396 e. The molecule has 0 aliphatic heterocycles. The highest BCUT2D eigenvalue weighted by Crippen LogP contribution is 2.08. The third kappa shape index (κ3) is 3.30. The maximum atomic E-state index is 11.9. The number of carbonyl (C=O) groups excluding carboxylic acids is 1. The first-order chi connectivity index (χ1) is 9.20. The fourth-order valence-electron chi connectivity index (χ4n) is 1.67. The van der Waals surface area contributed by atoms with Crippen molar-refractivity contribution in [2.24, 2.45) is 0 Å². The number of amides is 1. The predicted molar refractivity (Wildman–Crippen MR) is 69.4 cm³/mol. The first kappa shape index (κ1) is 13.1. The van der Waals surface area contributed by atoms with Crippen molar-refractivity contribution in [3.63, 3.8) is 0 Å². The van der Waals surface area contributed by atoms with E-state index in [1.165, 1.54) is 6.33 Å². The van der Waals surface area contributed by atoms with Crippen LogP contribution < -0.4 is 11.1 Å². The van der Waals surface area contributed by atoms with Gasteiger partial charge in [0, 0.05) is 25.7 Å². The Balaban J connectivity index is 1.79. The number of aromatic amines is 1. The Morgan fingerprint density at radius 2 is 2.42 bits per heavy atom. The lowest BCUT2D eigenvalue weighted by molar-refractivity contribution is 0.0948. The molecule has 19 heavy (non-hydrogen) atoms. The zero-order valence-corrected chi connectivity index (χ0v) is 10.8. The molecule has 8 heteroatoms. The standard InChI is InChI=1S/C11H17N7O/c1-2-18-6-8(12)10(17-18)11(19)13-5-3-4-9-14-7-15-16-9/h6-7H,2-5,12H2,1H3,(H,13,19)(H,14,15,16). The summed E-state index contributed by atoms with van der Waals surface area (Å²) in [6, 6.07) is 0. The van der Waals surface area contributed by atoms with E-state index in [4.69, 9.17) is 5.73 Å². The molecule has 2 rings (SSSR count). The van der Waals surface area contributed by atoms with Crippen LogP contribution in [-0.2, 0) is 13.0 Å². The summed E-state index contributed by atoms with van der Waals surface area (Å²) < 4.78 is 1.64. The minimum absolute atomic E-state index is 0.248. The van der Waals surface area contributed by atoms with Crippen LogP contribution in [0.2, 0.25) is 0 Å². The largest absolute Gasteiger partial charge is 0.396 e. The number of rotatable bonds is 6. The van der Waals surface area contributed by atoms with Gasteiger partial charge in [0.15, 0.2) is 5.69 Å². The van der Waals surface area contributed by atoms with Crippen LogP contribution in [0.15, 0.2) is 12.5 Å². The molecule has 2 aromatic heterocycles. The molecule has 0 aliphatic rings. The van der Waals surface area contributed by atoms with Crippen LogP contribution in [0.4, 0.5) is 5.69 Å². The van der Waals surface area contributed by atoms with E-state index in [9.17, 15) is 4.79 Å². The van der Waals surface area contributed by atoms with Crippen LogP contribution >= 0.6 is 0 Å². The monoisotopic (exact) mass is 263 g/mol. The number of nitrogen functional groups attached to an aromatic ring is 1. The zero-order valence-electron chi connectivity index (χ0n) is 10.8. The Labute approximate surface area is 110 Å². The van der Waals surface area contributed by atoms with Gasteiger partial charge < -0.3 is 11.1 Å². The summed E-state index contributed by atoms with van der Waals surface area (Å²) >= 11 is 0. The van der Waals surface area contributed by atoms with Crippen molar-refractivity contribution in [1.82, 2.24) is 30.3 Å². The number of carbonyl (C=O) groups is 1. The molecule has 0 unspecified atom stereocenters. The first-order valence-corrected chi connectivity index (χ1v) is 6.16. The Hall–Kier alpha value is -2.38. The van der Waals surface area contributed by atoms with Gasteiger partial charge in [0.2, 0.25) is 0 Å². The van der Waals surface area contributed by atoms with Crippen LogP contribution in [0.5, 0.6) is 0 Å². The zero-order chi connectivity index (χ0) is 13.7. The van der Waals surface area contributed by atoms with Gasteiger partial charge in [0.25, 0.3) is 5.91 Å². The second kappa shape index (κ2) is 5.98. The summed E-state index contributed by atoms with van der Waals surface area (Å²) in [7, 11) is 0. The SMILES string of the molecule is CCn1cc(N)c(C(=O)NCCCc2ncn[nH]2)n1. The molecular weight excluding hydrogens is 246 g/mol. The number of hydrogen-bond donors (Lipinski definition) is 3. The van der Waals surface area contributed by atoms with E-state index in [-0.39, 0.29) is 11.6 Å². The van der Waals surface area contributed by atoms with E-state index < -0.39 is 0 Å². The maximum Gasteiger partial charge on any atom is 0.273 e. The van der Waals surface area contributed by atoms with Crippen molar-refractivity contribution in [3.05, 3.63) is 24.0 Å². The lowest BCUT2D eigenvalue weighted by Crippen LogP contribution is -2.26. The number of nitrogens with one attached hydrogen (secondary N) is 2. The number of aromatic nitrogens is 5. The Morgan fingerprint density at radius 1 is 1.58 bits per heavy atom. The lowest BCUT2D eigenvalue weighted by Gasteiger charge is -2.02. The highest BCUT2D eigenvalue weighted by Gasteiger charge is 2.13. The second-order valence-corrected chi connectivity index (χ2v) is 4.08. The molecule has 0 radical (unpaired) electrons. The summed E-state index contributed by atoms with van der Waals surface area (Å²) in [5.41, 5.74) is 6.41. The van der Waals surface area contributed by atoms with Crippen LogP contribution in [0.25, 0.3) is 0 Å². The van der Waals surface area contributed by atoms with Crippen molar-refractivity contribution in [3.8, 4) is 0 Å². The molecule has 8 nitrogen and oxygen atoms in total. The summed E-state index contributed by atoms with van der Waals surface area (Å²) in [6.07, 6.45) is 4.63. The van der Waals surface area contributed by atoms with Crippen LogP contribution in [0.3, 0.4) is 0 Å². The highest BCUT2D eigenvalue weighted by molar-refractivity contribution is 5.96. The average molecular weight is 263 g/mol. The quantitative estimate of drug-likeness (QED) is 0.633. The molecule has 1 amide bonds. The number of aryl methyl sites for hydroxylation is 2. The maximum absolute atomic E-state index is 11.9. The number of nitrogens with two attached hydrogens (primary N) is 1. The van der Waals surface area contributed by atoms with Gasteiger partial charge in [0.05, 0.1) is 5.69 Å². The third-order valence-corrected chi connectivity index (χ3v) is 2.67. The van der Waals surface area contributed by atoms with Crippen LogP contribution in [0, 0.1) is 0 Å². The van der Waals surface area contributed by atoms with Gasteiger partial charge in [-0.05, 0) is 13.3 Å². The molecule has 2 heterocycles. The summed E-state index contributed by atoms with van der Waals surface area (Å²) in [6.45, 7) is 3.16. The topological polar surface area (TPSA) is 115 Å². The van der Waals surface area contributed by atoms with Crippen molar-refractivity contribution in [2.45, 2.75) is 26.3 Å². The fourth-order valence-corrected chi connectivity index (χ4v) is 1.67. The van der Waals surface area contributed by atoms with E-state index >= 15 is 0 Å². The second-order valence-electron chi connectivity index (χ2n) is 4.08. The van der Waals surface area contributed by atoms with Crippen molar-refractivity contribution >= 4 is 11.6 Å². The van der Waals surface area contributed by atoms with Crippen LogP contribution in [0.1, 0.15) is 29.7 Å². The normalized spacial score (nSPS) is 10.6. The smallest absolute Gasteiger partial charge is 0.273 e. The molecule has 2 aromatic rings. The van der Waals surface area contributed by atoms with E-state index in [0.29, 0.717) is 18.8 Å². The third-order valence-electron chi connectivity index (χ3n) is 2.67. The van der Waals surface area contributed by atoms with Gasteiger partial charge in [-0.1, -0.05) is 0 Å². The number of H-pyrrole nitrogens is 1. The first-order valence-electron chi connectivity index (χ1n) is 6.16. The highest BCUT2D eigenvalue weighted by atomic mass is 16.1. The number of anilines is 1. The van der Waals surface area contributed by atoms with Crippen LogP contribution in [-0.4, -0.2) is 37.4 Å². The van der Waals surface area contributed by atoms with Crippen molar-refractivity contribution < 1.29 is 4.79 Å². The molecule has 0 saturated heterocycles. The summed E-state index contributed by atoms with van der Waals surface area (Å²) in [5.74, 6) is 0.561. The molecule has 0 fully saturated rings. The van der Waals surface area contributed by atoms with Gasteiger partial charge in [-0.2, -0.15) is 10.2 Å². The Bertz CT molecular complexity index is 531. The molecule has 0 atom stereocenters. The average Bonchev–Trinajstić information content (AvgIpc) is 3.03. The van der Waals surface area contributed by atoms with E-state index in [0.717, 1.165) is 18.7 Å². The molecule has 0 aliphatic carbocycles. The predicted octanol–water partition coefficient (Wildman–Crippen LogP) is -0.0341. The number of nitrogens with zero attached hydrogens (tertiary/aromatic N) is 4. The lowest BCUT2D eigenvalue weighted by atomic mass is 10.3. The Kier molecular flexibility index (Phi) is 4.11. The fraction of sp³-hybridized carbons (Fsp3) is 0.455. The Morgan fingerprint density at radius 3 is 3.05 bits per heavy atom. The van der Waals surface area contributed by atoms with Crippen molar-refractivity contribution in [1.29, 1.82) is 0 Å². The molecule has 0 spiro atoms. The van der Waals surface area contributed by atoms with Gasteiger partial charge in [-0.3, -0.25) is 14.6 Å². The summed E-state index contributed by atoms with van der Waals surface area (Å²) in [5, 5.41) is 13.4. The molecule has 0 saturated carbocycles. The summed E-state index contributed by atoms with van der Waals surface area (Å²) in [4.78, 5) is 15.9.